The maximum Gasteiger partial charge on any atom is 0.407 e. The fourth-order valence-corrected chi connectivity index (χ4v) is 2.32. The quantitative estimate of drug-likeness (QED) is 0.551. The smallest absolute Gasteiger partial charge is 0.407 e. The van der Waals surface area contributed by atoms with E-state index in [1.165, 1.54) is 0 Å². The molecule has 2 unspecified atom stereocenters. The lowest BCUT2D eigenvalue weighted by molar-refractivity contribution is 0.127. The first kappa shape index (κ1) is 7.86. The third kappa shape index (κ3) is 1.16. The Morgan fingerprint density at radius 3 is 3.08 bits per heavy atom. The Labute approximate surface area is 71.5 Å². The van der Waals surface area contributed by atoms with E-state index in [4.69, 9.17) is 5.11 Å². The van der Waals surface area contributed by atoms with E-state index in [9.17, 15) is 4.79 Å². The number of carboxylic acid groups (broad SMARTS) is 1. The van der Waals surface area contributed by atoms with Gasteiger partial charge in [-0.25, -0.2) is 4.79 Å². The summed E-state index contributed by atoms with van der Waals surface area (Å²) >= 11 is 0. The molecule has 4 heteroatoms. The number of fused-ring (bicyclic) bond motifs is 1. The second kappa shape index (κ2) is 2.94. The van der Waals surface area contributed by atoms with Crippen LogP contribution in [0.25, 0.3) is 0 Å². The molecule has 2 fully saturated rings. The molecule has 0 aromatic heterocycles. The van der Waals surface area contributed by atoms with Crippen molar-refractivity contribution >= 4 is 6.09 Å². The highest BCUT2D eigenvalue weighted by Crippen LogP contribution is 2.28. The summed E-state index contributed by atoms with van der Waals surface area (Å²) in [6, 6.07) is 0.295. The molecule has 2 atom stereocenters. The van der Waals surface area contributed by atoms with Crippen LogP contribution in [0.5, 0.6) is 0 Å². The van der Waals surface area contributed by atoms with E-state index in [1.807, 2.05) is 0 Å². The van der Waals surface area contributed by atoms with Gasteiger partial charge in [-0.05, 0) is 31.8 Å². The monoisotopic (exact) mass is 170 g/mol. The zero-order valence-corrected chi connectivity index (χ0v) is 6.99. The molecular weight excluding hydrogens is 156 g/mol. The summed E-state index contributed by atoms with van der Waals surface area (Å²) in [7, 11) is 0. The van der Waals surface area contributed by atoms with E-state index in [0.29, 0.717) is 12.0 Å². The van der Waals surface area contributed by atoms with E-state index in [2.05, 4.69) is 5.32 Å². The minimum Gasteiger partial charge on any atom is -0.465 e. The number of nitrogens with zero attached hydrogens (tertiary/aromatic N) is 1. The minimum atomic E-state index is -0.746. The van der Waals surface area contributed by atoms with Crippen LogP contribution in [0.3, 0.4) is 0 Å². The Kier molecular flexibility index (Phi) is 1.92. The van der Waals surface area contributed by atoms with Gasteiger partial charge < -0.3 is 15.3 Å². The van der Waals surface area contributed by atoms with Gasteiger partial charge in [0.15, 0.2) is 0 Å². The van der Waals surface area contributed by atoms with Crippen LogP contribution in [0, 0.1) is 5.92 Å². The molecule has 0 aromatic rings. The molecule has 4 nitrogen and oxygen atoms in total. The number of hydrogen-bond donors (Lipinski definition) is 2. The van der Waals surface area contributed by atoms with Crippen molar-refractivity contribution in [2.24, 2.45) is 5.92 Å². The molecule has 2 heterocycles. The van der Waals surface area contributed by atoms with Gasteiger partial charge in [-0.3, -0.25) is 0 Å². The van der Waals surface area contributed by atoms with Crippen LogP contribution < -0.4 is 5.32 Å². The molecule has 0 aliphatic carbocycles. The van der Waals surface area contributed by atoms with Crippen LogP contribution in [0.15, 0.2) is 0 Å². The van der Waals surface area contributed by atoms with Crippen LogP contribution in [0.2, 0.25) is 0 Å². The maximum absolute atomic E-state index is 10.8. The van der Waals surface area contributed by atoms with Gasteiger partial charge in [-0.2, -0.15) is 0 Å². The van der Waals surface area contributed by atoms with E-state index >= 15 is 0 Å². The lowest BCUT2D eigenvalue weighted by Crippen LogP contribution is -2.45. The Morgan fingerprint density at radius 2 is 2.33 bits per heavy atom. The van der Waals surface area contributed by atoms with Crippen molar-refractivity contribution in [3.63, 3.8) is 0 Å². The largest absolute Gasteiger partial charge is 0.465 e. The topological polar surface area (TPSA) is 52.6 Å². The summed E-state index contributed by atoms with van der Waals surface area (Å²) in [4.78, 5) is 12.4. The van der Waals surface area contributed by atoms with Gasteiger partial charge in [0.25, 0.3) is 0 Å². The van der Waals surface area contributed by atoms with E-state index < -0.39 is 6.09 Å². The fourth-order valence-electron chi connectivity index (χ4n) is 2.32. The highest BCUT2D eigenvalue weighted by atomic mass is 16.4. The Bertz CT molecular complexity index is 195. The number of piperidine rings is 1. The third-order valence-electron chi connectivity index (χ3n) is 2.95. The van der Waals surface area contributed by atoms with Crippen LogP contribution >= 0.6 is 0 Å². The molecular formula is C8H14N2O2. The number of likely N-dealkylation sites (tertiary alicyclic amines) is 1. The Balaban J connectivity index is 2.05. The number of amides is 1. The molecule has 0 radical (unpaired) electrons. The molecule has 12 heavy (non-hydrogen) atoms. The Hall–Kier alpha value is -0.770. The zero-order chi connectivity index (χ0) is 8.55. The number of carbonyl (C=O) groups is 1. The van der Waals surface area contributed by atoms with Gasteiger partial charge >= 0.3 is 6.09 Å². The average Bonchev–Trinajstić information content (AvgIpc) is 2.47. The predicted octanol–water partition coefficient (Wildman–Crippen LogP) is 0.348. The molecule has 2 aliphatic rings. The van der Waals surface area contributed by atoms with Crippen molar-refractivity contribution in [3.05, 3.63) is 0 Å². The van der Waals surface area contributed by atoms with Crippen molar-refractivity contribution in [1.82, 2.24) is 10.2 Å². The summed E-state index contributed by atoms with van der Waals surface area (Å²) in [5.74, 6) is 0.565. The van der Waals surface area contributed by atoms with Crippen molar-refractivity contribution in [1.29, 1.82) is 0 Å². The third-order valence-corrected chi connectivity index (χ3v) is 2.95. The van der Waals surface area contributed by atoms with Crippen LogP contribution in [-0.4, -0.2) is 41.8 Å². The van der Waals surface area contributed by atoms with Crippen molar-refractivity contribution in [2.75, 3.05) is 19.6 Å². The van der Waals surface area contributed by atoms with Crippen LogP contribution in [0.4, 0.5) is 4.79 Å². The maximum atomic E-state index is 10.8. The fraction of sp³-hybridized carbons (Fsp3) is 0.875. The van der Waals surface area contributed by atoms with Gasteiger partial charge in [-0.1, -0.05) is 0 Å². The highest BCUT2D eigenvalue weighted by molar-refractivity contribution is 5.66. The molecule has 1 amide bonds. The normalized spacial score (nSPS) is 34.8. The van der Waals surface area contributed by atoms with Gasteiger partial charge in [0, 0.05) is 12.6 Å². The van der Waals surface area contributed by atoms with E-state index in [1.54, 1.807) is 4.90 Å². The standard InChI is InChI=1S/C8H14N2O2/c11-8(12)10-4-2-6-5-9-3-1-7(6)10/h6-7,9H,1-5H2,(H,11,12). The van der Waals surface area contributed by atoms with Crippen molar-refractivity contribution < 1.29 is 9.90 Å². The molecule has 0 aromatic carbocycles. The first-order chi connectivity index (χ1) is 5.79. The molecule has 0 saturated carbocycles. The Morgan fingerprint density at radius 1 is 1.50 bits per heavy atom. The second-order valence-corrected chi connectivity index (χ2v) is 3.58. The molecule has 2 rings (SSSR count). The molecule has 2 aliphatic heterocycles. The van der Waals surface area contributed by atoms with Gasteiger partial charge in [0.1, 0.15) is 0 Å². The van der Waals surface area contributed by atoms with E-state index in [0.717, 1.165) is 32.5 Å². The average molecular weight is 170 g/mol. The van der Waals surface area contributed by atoms with E-state index in [-0.39, 0.29) is 0 Å². The summed E-state index contributed by atoms with van der Waals surface area (Å²) in [5.41, 5.74) is 0. The SMILES string of the molecule is O=C(O)N1CCC2CNCCC21. The molecule has 68 valence electrons. The van der Waals surface area contributed by atoms with Gasteiger partial charge in [-0.15, -0.1) is 0 Å². The first-order valence-corrected chi connectivity index (χ1v) is 4.49. The molecule has 2 saturated heterocycles. The van der Waals surface area contributed by atoms with Gasteiger partial charge in [0.05, 0.1) is 0 Å². The van der Waals surface area contributed by atoms with Crippen molar-refractivity contribution in [3.8, 4) is 0 Å². The zero-order valence-electron chi connectivity index (χ0n) is 6.99. The van der Waals surface area contributed by atoms with Crippen LogP contribution in [0.1, 0.15) is 12.8 Å². The lowest BCUT2D eigenvalue weighted by Gasteiger charge is -2.30. The van der Waals surface area contributed by atoms with Crippen molar-refractivity contribution in [2.45, 2.75) is 18.9 Å². The van der Waals surface area contributed by atoms with Crippen LogP contribution in [-0.2, 0) is 0 Å². The van der Waals surface area contributed by atoms with Gasteiger partial charge in [0.2, 0.25) is 0 Å². The lowest BCUT2D eigenvalue weighted by atomic mass is 9.94. The summed E-state index contributed by atoms with van der Waals surface area (Å²) < 4.78 is 0. The summed E-state index contributed by atoms with van der Waals surface area (Å²) in [6.07, 6.45) is 1.27. The number of nitrogens with one attached hydrogen (secondary N) is 1. The molecule has 0 spiro atoms. The molecule has 2 N–H and O–H groups in total. The number of hydrogen-bond acceptors (Lipinski definition) is 2. The first-order valence-electron chi connectivity index (χ1n) is 4.49. The summed E-state index contributed by atoms with van der Waals surface area (Å²) in [5, 5.41) is 12.2. The second-order valence-electron chi connectivity index (χ2n) is 3.58. The number of rotatable bonds is 0. The summed E-state index contributed by atoms with van der Waals surface area (Å²) in [6.45, 7) is 2.69. The molecule has 0 bridgehead atoms. The highest BCUT2D eigenvalue weighted by Gasteiger charge is 2.37. The minimum absolute atomic E-state index is 0.295. The predicted molar refractivity (Wildman–Crippen MR) is 44.1 cm³/mol.